The standard InChI is InChI=1S/C47H31N3/c1-4-16-32(17-5-1)33-28-30-36(31-29-33)46-48-45(35-20-8-3-9-21-35)49-47(50-46)44-41-26-14-12-24-39(41)43(40-25-13-15-27-42(40)44)38-23-11-10-22-37(38)34-18-6-2-7-19-34/h1-31H. The summed E-state index contributed by atoms with van der Waals surface area (Å²) in [5.41, 5.74) is 9.98. The van der Waals surface area contributed by atoms with Crippen LogP contribution in [0.5, 0.6) is 0 Å². The third kappa shape index (κ3) is 5.32. The second-order valence-corrected chi connectivity index (χ2v) is 12.4. The lowest BCUT2D eigenvalue weighted by Gasteiger charge is -2.19. The van der Waals surface area contributed by atoms with E-state index in [1.807, 2.05) is 24.3 Å². The van der Waals surface area contributed by atoms with Gasteiger partial charge in [0.15, 0.2) is 17.5 Å². The van der Waals surface area contributed by atoms with Crippen LogP contribution in [0.1, 0.15) is 0 Å². The summed E-state index contributed by atoms with van der Waals surface area (Å²) in [6.45, 7) is 0. The Balaban J connectivity index is 1.30. The van der Waals surface area contributed by atoms with Crippen molar-refractivity contribution in [3.05, 3.63) is 188 Å². The number of nitrogens with zero attached hydrogens (tertiary/aromatic N) is 3. The first-order chi connectivity index (χ1) is 24.8. The van der Waals surface area contributed by atoms with Crippen molar-refractivity contribution in [2.75, 3.05) is 0 Å². The van der Waals surface area contributed by atoms with Gasteiger partial charge in [-0.05, 0) is 54.9 Å². The monoisotopic (exact) mass is 637 g/mol. The molecular weight excluding hydrogens is 607 g/mol. The van der Waals surface area contributed by atoms with E-state index in [4.69, 9.17) is 15.0 Å². The number of fused-ring (bicyclic) bond motifs is 2. The van der Waals surface area contributed by atoms with E-state index < -0.39 is 0 Å². The molecule has 3 nitrogen and oxygen atoms in total. The molecule has 0 saturated heterocycles. The van der Waals surface area contributed by atoms with Crippen LogP contribution in [0.2, 0.25) is 0 Å². The van der Waals surface area contributed by atoms with Gasteiger partial charge in [-0.3, -0.25) is 0 Å². The van der Waals surface area contributed by atoms with Crippen molar-refractivity contribution in [2.24, 2.45) is 0 Å². The molecular formula is C47H31N3. The summed E-state index contributed by atoms with van der Waals surface area (Å²) in [5, 5.41) is 4.50. The maximum absolute atomic E-state index is 5.25. The van der Waals surface area contributed by atoms with E-state index in [1.54, 1.807) is 0 Å². The van der Waals surface area contributed by atoms with Gasteiger partial charge in [-0.15, -0.1) is 0 Å². The van der Waals surface area contributed by atoms with Crippen LogP contribution in [0.3, 0.4) is 0 Å². The van der Waals surface area contributed by atoms with Gasteiger partial charge in [0.25, 0.3) is 0 Å². The Morgan fingerprint density at radius 3 is 1.10 bits per heavy atom. The molecule has 0 aliphatic rings. The van der Waals surface area contributed by atoms with Crippen molar-refractivity contribution in [1.29, 1.82) is 0 Å². The molecule has 0 spiro atoms. The van der Waals surface area contributed by atoms with Gasteiger partial charge < -0.3 is 0 Å². The first-order valence-corrected chi connectivity index (χ1v) is 16.9. The minimum Gasteiger partial charge on any atom is -0.208 e. The fourth-order valence-corrected chi connectivity index (χ4v) is 7.01. The molecule has 0 radical (unpaired) electrons. The predicted molar refractivity (Wildman–Crippen MR) is 207 cm³/mol. The molecule has 3 heteroatoms. The van der Waals surface area contributed by atoms with E-state index in [9.17, 15) is 0 Å². The van der Waals surface area contributed by atoms with E-state index in [-0.39, 0.29) is 0 Å². The van der Waals surface area contributed by atoms with Crippen LogP contribution in [0, 0.1) is 0 Å². The summed E-state index contributed by atoms with van der Waals surface area (Å²) in [4.78, 5) is 15.5. The van der Waals surface area contributed by atoms with Crippen molar-refractivity contribution in [2.45, 2.75) is 0 Å². The third-order valence-corrected chi connectivity index (χ3v) is 9.35. The Bertz CT molecular complexity index is 2560. The minimum absolute atomic E-state index is 0.639. The predicted octanol–water partition coefficient (Wildman–Crippen LogP) is 12.2. The van der Waals surface area contributed by atoms with Crippen molar-refractivity contribution in [3.63, 3.8) is 0 Å². The van der Waals surface area contributed by atoms with Gasteiger partial charge in [0.05, 0.1) is 0 Å². The number of rotatable bonds is 6. The molecule has 0 unspecified atom stereocenters. The molecule has 0 amide bonds. The van der Waals surface area contributed by atoms with Crippen LogP contribution < -0.4 is 0 Å². The van der Waals surface area contributed by atoms with E-state index in [0.717, 1.165) is 43.8 Å². The zero-order chi connectivity index (χ0) is 33.3. The Hall–Kier alpha value is -6.71. The Labute approximate surface area is 291 Å². The molecule has 0 fully saturated rings. The summed E-state index contributed by atoms with van der Waals surface area (Å²) in [7, 11) is 0. The summed E-state index contributed by atoms with van der Waals surface area (Å²) in [5.74, 6) is 1.93. The summed E-state index contributed by atoms with van der Waals surface area (Å²) >= 11 is 0. The molecule has 8 aromatic carbocycles. The molecule has 0 atom stereocenters. The van der Waals surface area contributed by atoms with Crippen LogP contribution >= 0.6 is 0 Å². The van der Waals surface area contributed by atoms with Gasteiger partial charge in [0.1, 0.15) is 0 Å². The molecule has 0 aliphatic carbocycles. The normalized spacial score (nSPS) is 11.2. The van der Waals surface area contributed by atoms with Gasteiger partial charge >= 0.3 is 0 Å². The second-order valence-electron chi connectivity index (χ2n) is 12.4. The van der Waals surface area contributed by atoms with Crippen molar-refractivity contribution >= 4 is 21.5 Å². The average molecular weight is 638 g/mol. The summed E-state index contributed by atoms with van der Waals surface area (Å²) in [6.07, 6.45) is 0. The lowest BCUT2D eigenvalue weighted by atomic mass is 9.85. The van der Waals surface area contributed by atoms with Gasteiger partial charge in [-0.1, -0.05) is 188 Å². The smallest absolute Gasteiger partial charge is 0.165 e. The first kappa shape index (κ1) is 29.4. The lowest BCUT2D eigenvalue weighted by molar-refractivity contribution is 1.08. The highest BCUT2D eigenvalue weighted by Gasteiger charge is 2.21. The fourth-order valence-electron chi connectivity index (χ4n) is 7.01. The van der Waals surface area contributed by atoms with Crippen LogP contribution in [-0.2, 0) is 0 Å². The lowest BCUT2D eigenvalue weighted by Crippen LogP contribution is -2.01. The molecule has 1 heterocycles. The number of aromatic nitrogens is 3. The molecule has 1 aromatic heterocycles. The molecule has 50 heavy (non-hydrogen) atoms. The topological polar surface area (TPSA) is 38.7 Å². The van der Waals surface area contributed by atoms with Crippen LogP contribution in [0.25, 0.3) is 89.1 Å². The van der Waals surface area contributed by atoms with Gasteiger partial charge in [0, 0.05) is 16.7 Å². The summed E-state index contributed by atoms with van der Waals surface area (Å²) < 4.78 is 0. The fraction of sp³-hybridized carbons (Fsp3) is 0. The summed E-state index contributed by atoms with van der Waals surface area (Å²) in [6, 6.07) is 65.7. The molecule has 9 aromatic rings. The Kier molecular flexibility index (Phi) is 7.49. The van der Waals surface area contributed by atoms with E-state index in [1.165, 1.54) is 27.8 Å². The first-order valence-electron chi connectivity index (χ1n) is 16.9. The zero-order valence-electron chi connectivity index (χ0n) is 27.2. The van der Waals surface area contributed by atoms with E-state index >= 15 is 0 Å². The molecule has 234 valence electrons. The number of hydrogen-bond acceptors (Lipinski definition) is 3. The molecule has 0 aliphatic heterocycles. The Morgan fingerprint density at radius 2 is 0.560 bits per heavy atom. The van der Waals surface area contributed by atoms with E-state index in [2.05, 4.69) is 164 Å². The zero-order valence-corrected chi connectivity index (χ0v) is 27.2. The van der Waals surface area contributed by atoms with Crippen LogP contribution in [-0.4, -0.2) is 15.0 Å². The quantitative estimate of drug-likeness (QED) is 0.170. The highest BCUT2D eigenvalue weighted by molar-refractivity contribution is 6.21. The number of hydrogen-bond donors (Lipinski definition) is 0. The van der Waals surface area contributed by atoms with E-state index in [0.29, 0.717) is 17.5 Å². The van der Waals surface area contributed by atoms with Crippen molar-refractivity contribution < 1.29 is 0 Å². The Morgan fingerprint density at radius 1 is 0.220 bits per heavy atom. The van der Waals surface area contributed by atoms with Crippen LogP contribution in [0.15, 0.2) is 188 Å². The SMILES string of the molecule is c1ccc(-c2ccc(-c3nc(-c4ccccc4)nc(-c4c5ccccc5c(-c5ccccc5-c5ccccc5)c5ccccc45)n3)cc2)cc1. The maximum Gasteiger partial charge on any atom is 0.165 e. The van der Waals surface area contributed by atoms with Crippen LogP contribution in [0.4, 0.5) is 0 Å². The highest BCUT2D eigenvalue weighted by Crippen LogP contribution is 2.45. The second kappa shape index (κ2) is 12.7. The molecule has 0 bridgehead atoms. The van der Waals surface area contributed by atoms with Crippen molar-refractivity contribution in [1.82, 2.24) is 15.0 Å². The molecule has 0 saturated carbocycles. The van der Waals surface area contributed by atoms with Gasteiger partial charge in [-0.2, -0.15) is 0 Å². The molecule has 9 rings (SSSR count). The van der Waals surface area contributed by atoms with Gasteiger partial charge in [-0.25, -0.2) is 15.0 Å². The maximum atomic E-state index is 5.25. The molecule has 0 N–H and O–H groups in total. The average Bonchev–Trinajstić information content (AvgIpc) is 3.21. The largest absolute Gasteiger partial charge is 0.208 e. The minimum atomic E-state index is 0.639. The van der Waals surface area contributed by atoms with Gasteiger partial charge in [0.2, 0.25) is 0 Å². The van der Waals surface area contributed by atoms with Crippen molar-refractivity contribution in [3.8, 4) is 67.5 Å². The highest BCUT2D eigenvalue weighted by atomic mass is 15.0. The number of benzene rings is 8. The third-order valence-electron chi connectivity index (χ3n) is 9.35.